The lowest BCUT2D eigenvalue weighted by Gasteiger charge is -2.18. The fourth-order valence-corrected chi connectivity index (χ4v) is 3.90. The van der Waals surface area contributed by atoms with E-state index in [-0.39, 0.29) is 5.38 Å². The van der Waals surface area contributed by atoms with Crippen molar-refractivity contribution in [1.29, 1.82) is 0 Å². The Balaban J connectivity index is 2.23. The van der Waals surface area contributed by atoms with Gasteiger partial charge in [-0.2, -0.15) is 0 Å². The number of aryl methyl sites for hydroxylation is 2. The van der Waals surface area contributed by atoms with Crippen LogP contribution >= 0.6 is 27.5 Å². The van der Waals surface area contributed by atoms with Crippen LogP contribution < -0.4 is 0 Å². The highest BCUT2D eigenvalue weighted by Crippen LogP contribution is 2.38. The molecule has 0 amide bonds. The Morgan fingerprint density at radius 3 is 2.10 bits per heavy atom. The second-order valence-electron chi connectivity index (χ2n) is 5.35. The molecule has 1 atom stereocenters. The molecule has 0 aliphatic rings. The number of halogens is 2. The van der Waals surface area contributed by atoms with Crippen molar-refractivity contribution in [3.63, 3.8) is 0 Å². The zero-order valence-electron chi connectivity index (χ0n) is 12.0. The van der Waals surface area contributed by atoms with Gasteiger partial charge in [-0.1, -0.05) is 64.5 Å². The number of alkyl halides is 1. The summed E-state index contributed by atoms with van der Waals surface area (Å²) < 4.78 is 1.10. The van der Waals surface area contributed by atoms with Crippen molar-refractivity contribution in [2.24, 2.45) is 0 Å². The number of hydrogen-bond acceptors (Lipinski definition) is 0. The topological polar surface area (TPSA) is 0 Å². The van der Waals surface area contributed by atoms with E-state index in [1.165, 1.54) is 27.5 Å². The summed E-state index contributed by atoms with van der Waals surface area (Å²) in [4.78, 5) is 0. The van der Waals surface area contributed by atoms with Crippen molar-refractivity contribution in [2.45, 2.75) is 19.2 Å². The minimum atomic E-state index is -0.135. The molecule has 0 radical (unpaired) electrons. The fraction of sp³-hybridized carbons (Fsp3) is 0.158. The van der Waals surface area contributed by atoms with E-state index in [0.29, 0.717) is 0 Å². The third kappa shape index (κ3) is 2.61. The van der Waals surface area contributed by atoms with Crippen LogP contribution in [-0.4, -0.2) is 0 Å². The summed E-state index contributed by atoms with van der Waals surface area (Å²) in [6, 6.07) is 18.9. The van der Waals surface area contributed by atoms with E-state index in [2.05, 4.69) is 84.4 Å². The van der Waals surface area contributed by atoms with Gasteiger partial charge in [0.25, 0.3) is 0 Å². The highest BCUT2D eigenvalue weighted by molar-refractivity contribution is 9.10. The van der Waals surface area contributed by atoms with E-state index in [9.17, 15) is 0 Å². The molecule has 0 aliphatic carbocycles. The number of fused-ring (bicyclic) bond motifs is 1. The molecule has 0 aromatic heterocycles. The molecule has 3 aromatic rings. The lowest BCUT2D eigenvalue weighted by molar-refractivity contribution is 1.09. The Hall–Kier alpha value is -1.31. The first-order valence-electron chi connectivity index (χ1n) is 6.97. The van der Waals surface area contributed by atoms with E-state index < -0.39 is 0 Å². The van der Waals surface area contributed by atoms with Gasteiger partial charge in [0.1, 0.15) is 0 Å². The van der Waals surface area contributed by atoms with Crippen molar-refractivity contribution >= 4 is 38.3 Å². The molecule has 0 aliphatic heterocycles. The maximum Gasteiger partial charge on any atom is 0.0846 e. The molecule has 0 saturated carbocycles. The highest BCUT2D eigenvalue weighted by Gasteiger charge is 2.18. The maximum absolute atomic E-state index is 6.86. The summed E-state index contributed by atoms with van der Waals surface area (Å²) in [7, 11) is 0. The van der Waals surface area contributed by atoms with Crippen LogP contribution in [0.5, 0.6) is 0 Å². The molecule has 0 nitrogen and oxygen atoms in total. The van der Waals surface area contributed by atoms with Crippen LogP contribution in [0.15, 0.2) is 59.1 Å². The smallest absolute Gasteiger partial charge is 0.0846 e. The van der Waals surface area contributed by atoms with Crippen LogP contribution in [-0.2, 0) is 0 Å². The molecular weight excluding hydrogens is 344 g/mol. The Bertz CT molecular complexity index is 788. The van der Waals surface area contributed by atoms with Gasteiger partial charge in [0, 0.05) is 4.47 Å². The lowest BCUT2D eigenvalue weighted by atomic mass is 9.93. The summed E-state index contributed by atoms with van der Waals surface area (Å²) in [6.45, 7) is 4.25. The van der Waals surface area contributed by atoms with Gasteiger partial charge < -0.3 is 0 Å². The molecule has 3 rings (SSSR count). The van der Waals surface area contributed by atoms with Crippen molar-refractivity contribution in [2.75, 3.05) is 0 Å². The van der Waals surface area contributed by atoms with Gasteiger partial charge in [-0.3, -0.25) is 0 Å². The monoisotopic (exact) mass is 358 g/mol. The summed E-state index contributed by atoms with van der Waals surface area (Å²) >= 11 is 10.5. The molecule has 2 heteroatoms. The Morgan fingerprint density at radius 1 is 0.810 bits per heavy atom. The number of hydrogen-bond donors (Lipinski definition) is 0. The van der Waals surface area contributed by atoms with E-state index in [1.54, 1.807) is 0 Å². The predicted molar refractivity (Wildman–Crippen MR) is 95.3 cm³/mol. The molecule has 0 bridgehead atoms. The van der Waals surface area contributed by atoms with Crippen LogP contribution in [0.4, 0.5) is 0 Å². The van der Waals surface area contributed by atoms with E-state index in [0.717, 1.165) is 10.0 Å². The molecular formula is C19H16BrCl. The van der Waals surface area contributed by atoms with Gasteiger partial charge in [0.2, 0.25) is 0 Å². The van der Waals surface area contributed by atoms with Crippen LogP contribution in [0.3, 0.4) is 0 Å². The van der Waals surface area contributed by atoms with E-state index >= 15 is 0 Å². The minimum Gasteiger partial charge on any atom is -0.113 e. The molecule has 0 saturated heterocycles. The second kappa shape index (κ2) is 5.82. The van der Waals surface area contributed by atoms with Gasteiger partial charge in [-0.25, -0.2) is 0 Å². The molecule has 21 heavy (non-hydrogen) atoms. The van der Waals surface area contributed by atoms with Crippen LogP contribution in [0, 0.1) is 13.8 Å². The molecule has 0 fully saturated rings. The largest absolute Gasteiger partial charge is 0.113 e. The van der Waals surface area contributed by atoms with Gasteiger partial charge >= 0.3 is 0 Å². The third-order valence-electron chi connectivity index (χ3n) is 3.97. The normalized spacial score (nSPS) is 12.6. The molecule has 0 N–H and O–H groups in total. The molecule has 3 aromatic carbocycles. The van der Waals surface area contributed by atoms with Crippen LogP contribution in [0.1, 0.15) is 27.6 Å². The third-order valence-corrected chi connectivity index (χ3v) is 5.12. The maximum atomic E-state index is 6.86. The highest BCUT2D eigenvalue weighted by atomic mass is 79.9. The average Bonchev–Trinajstić information content (AvgIpc) is 2.47. The zero-order chi connectivity index (χ0) is 15.0. The first kappa shape index (κ1) is 14.6. The van der Waals surface area contributed by atoms with Gasteiger partial charge in [-0.05, 0) is 52.9 Å². The predicted octanol–water partition coefficient (Wildman–Crippen LogP) is 6.55. The Labute approximate surface area is 138 Å². The Kier molecular flexibility index (Phi) is 4.05. The minimum absolute atomic E-state index is 0.135. The van der Waals surface area contributed by atoms with E-state index in [4.69, 9.17) is 11.6 Å². The van der Waals surface area contributed by atoms with Crippen molar-refractivity contribution in [1.82, 2.24) is 0 Å². The van der Waals surface area contributed by atoms with Gasteiger partial charge in [0.05, 0.1) is 5.38 Å². The summed E-state index contributed by atoms with van der Waals surface area (Å²) in [5, 5.41) is 2.27. The van der Waals surface area contributed by atoms with Gasteiger partial charge in [0.15, 0.2) is 0 Å². The standard InChI is InChI=1S/C19H16BrCl/c1-12-6-5-7-13(2)18(12)19(21)16-10-11-17(20)15-9-4-3-8-14(15)16/h3-11,19H,1-2H3. The zero-order valence-corrected chi connectivity index (χ0v) is 14.4. The van der Waals surface area contributed by atoms with E-state index in [1.807, 2.05) is 0 Å². The first-order chi connectivity index (χ1) is 10.1. The number of benzene rings is 3. The second-order valence-corrected chi connectivity index (χ2v) is 6.64. The lowest BCUT2D eigenvalue weighted by Crippen LogP contribution is -2.00. The van der Waals surface area contributed by atoms with Crippen molar-refractivity contribution in [3.05, 3.63) is 81.3 Å². The molecule has 1 unspecified atom stereocenters. The van der Waals surface area contributed by atoms with Crippen LogP contribution in [0.2, 0.25) is 0 Å². The fourth-order valence-electron chi connectivity index (χ4n) is 2.89. The molecule has 0 spiro atoms. The summed E-state index contributed by atoms with van der Waals surface area (Å²) in [5.74, 6) is 0. The number of rotatable bonds is 2. The van der Waals surface area contributed by atoms with Crippen molar-refractivity contribution < 1.29 is 0 Å². The summed E-state index contributed by atoms with van der Waals surface area (Å²) in [5.41, 5.74) is 4.85. The molecule has 106 valence electrons. The average molecular weight is 360 g/mol. The SMILES string of the molecule is Cc1cccc(C)c1C(Cl)c1ccc(Br)c2ccccc12. The first-order valence-corrected chi connectivity index (χ1v) is 8.20. The quantitative estimate of drug-likeness (QED) is 0.455. The Morgan fingerprint density at radius 2 is 1.43 bits per heavy atom. The van der Waals surface area contributed by atoms with Gasteiger partial charge in [-0.15, -0.1) is 11.6 Å². The summed E-state index contributed by atoms with van der Waals surface area (Å²) in [6.07, 6.45) is 0. The molecule has 0 heterocycles. The van der Waals surface area contributed by atoms with Crippen LogP contribution in [0.25, 0.3) is 10.8 Å². The van der Waals surface area contributed by atoms with Crippen molar-refractivity contribution in [3.8, 4) is 0 Å².